The van der Waals surface area contributed by atoms with Crippen molar-refractivity contribution in [2.45, 2.75) is 13.1 Å². The number of ether oxygens (including phenoxy) is 1. The van der Waals surface area contributed by atoms with E-state index in [2.05, 4.69) is 4.74 Å². The molecule has 5 heteroatoms. The highest BCUT2D eigenvalue weighted by Gasteiger charge is 2.28. The van der Waals surface area contributed by atoms with Crippen molar-refractivity contribution in [1.82, 2.24) is 0 Å². The Labute approximate surface area is 78.3 Å². The molecule has 1 rings (SSSR count). The summed E-state index contributed by atoms with van der Waals surface area (Å²) in [7, 11) is 0. The van der Waals surface area contributed by atoms with Crippen molar-refractivity contribution in [1.29, 1.82) is 0 Å². The summed E-state index contributed by atoms with van der Waals surface area (Å²) in [6.45, 7) is 0.0911. The molecule has 1 aromatic rings. The second-order valence-electron chi connectivity index (χ2n) is 2.81. The van der Waals surface area contributed by atoms with E-state index in [0.29, 0.717) is 0 Å². The molecule has 0 amide bonds. The smallest absolute Gasteiger partial charge is 0.422 e. The molecule has 0 radical (unpaired) electrons. The lowest BCUT2D eigenvalue weighted by molar-refractivity contribution is -0.153. The van der Waals surface area contributed by atoms with E-state index in [-0.39, 0.29) is 11.3 Å². The average Bonchev–Trinajstić information content (AvgIpc) is 2.06. The van der Waals surface area contributed by atoms with E-state index < -0.39 is 18.6 Å². The van der Waals surface area contributed by atoms with Gasteiger partial charge < -0.3 is 4.74 Å². The molecule has 0 aliphatic heterocycles. The summed E-state index contributed by atoms with van der Waals surface area (Å²) in [5.41, 5.74) is 0.254. The van der Waals surface area contributed by atoms with Crippen molar-refractivity contribution in [2.24, 2.45) is 0 Å². The van der Waals surface area contributed by atoms with E-state index >= 15 is 0 Å². The Morgan fingerprint density at radius 2 is 1.93 bits per heavy atom. The zero-order chi connectivity index (χ0) is 10.8. The maximum Gasteiger partial charge on any atom is 0.422 e. The van der Waals surface area contributed by atoms with Gasteiger partial charge in [-0.1, -0.05) is 0 Å². The van der Waals surface area contributed by atoms with Crippen molar-refractivity contribution in [2.75, 3.05) is 6.61 Å². The van der Waals surface area contributed by atoms with Gasteiger partial charge in [-0.2, -0.15) is 13.2 Å². The number of benzene rings is 1. The Bertz CT molecular complexity index is 319. The normalized spacial score (nSPS) is 11.5. The molecule has 0 spiro atoms. The number of halogens is 4. The Hall–Kier alpha value is -1.26. The molecule has 0 N–H and O–H groups in total. The van der Waals surface area contributed by atoms with Gasteiger partial charge in [0.2, 0.25) is 0 Å². The lowest BCUT2D eigenvalue weighted by Gasteiger charge is -2.09. The molecule has 14 heavy (non-hydrogen) atoms. The fourth-order valence-corrected chi connectivity index (χ4v) is 0.872. The van der Waals surface area contributed by atoms with Gasteiger partial charge in [0, 0.05) is 0 Å². The summed E-state index contributed by atoms with van der Waals surface area (Å²) in [4.78, 5) is 0. The molecule has 1 aromatic carbocycles. The van der Waals surface area contributed by atoms with Gasteiger partial charge in [-0.3, -0.25) is 0 Å². The standard InChI is InChI=1S/C9H8F4O/c1-6-4-7(2-3-8(6)10)14-5-9(11,12)13/h2-4H,5H2,1H3. The fraction of sp³-hybridized carbons (Fsp3) is 0.333. The van der Waals surface area contributed by atoms with Gasteiger partial charge in [-0.05, 0) is 30.7 Å². The first-order chi connectivity index (χ1) is 6.38. The van der Waals surface area contributed by atoms with Crippen LogP contribution in [0.1, 0.15) is 5.56 Å². The van der Waals surface area contributed by atoms with Gasteiger partial charge >= 0.3 is 6.18 Å². The first kappa shape index (κ1) is 10.8. The van der Waals surface area contributed by atoms with Crippen molar-refractivity contribution in [3.63, 3.8) is 0 Å². The Kier molecular flexibility index (Phi) is 2.98. The Morgan fingerprint density at radius 1 is 1.29 bits per heavy atom. The van der Waals surface area contributed by atoms with Gasteiger partial charge in [-0.25, -0.2) is 4.39 Å². The molecular weight excluding hydrogens is 200 g/mol. The monoisotopic (exact) mass is 208 g/mol. The number of aryl methyl sites for hydroxylation is 1. The molecule has 0 atom stereocenters. The highest BCUT2D eigenvalue weighted by molar-refractivity contribution is 5.28. The second-order valence-corrected chi connectivity index (χ2v) is 2.81. The highest BCUT2D eigenvalue weighted by atomic mass is 19.4. The van der Waals surface area contributed by atoms with E-state index in [4.69, 9.17) is 0 Å². The molecule has 0 bridgehead atoms. The van der Waals surface area contributed by atoms with Crippen molar-refractivity contribution >= 4 is 0 Å². The summed E-state index contributed by atoms with van der Waals surface area (Å²) in [5.74, 6) is -0.453. The summed E-state index contributed by atoms with van der Waals surface area (Å²) in [6, 6.07) is 3.45. The van der Waals surface area contributed by atoms with Crippen LogP contribution in [0.3, 0.4) is 0 Å². The average molecular weight is 208 g/mol. The summed E-state index contributed by atoms with van der Waals surface area (Å²) >= 11 is 0. The first-order valence-electron chi connectivity index (χ1n) is 3.84. The summed E-state index contributed by atoms with van der Waals surface area (Å²) in [5, 5.41) is 0. The van der Waals surface area contributed by atoms with Crippen LogP contribution in [-0.2, 0) is 0 Å². The lowest BCUT2D eigenvalue weighted by Crippen LogP contribution is -2.19. The van der Waals surface area contributed by atoms with Crippen LogP contribution >= 0.6 is 0 Å². The third-order valence-corrected chi connectivity index (χ3v) is 1.53. The Morgan fingerprint density at radius 3 is 2.43 bits per heavy atom. The minimum Gasteiger partial charge on any atom is -0.484 e. The van der Waals surface area contributed by atoms with Crippen LogP contribution < -0.4 is 4.74 Å². The largest absolute Gasteiger partial charge is 0.484 e. The SMILES string of the molecule is Cc1cc(OCC(F)(F)F)ccc1F. The van der Waals surface area contributed by atoms with E-state index in [9.17, 15) is 17.6 Å². The fourth-order valence-electron chi connectivity index (χ4n) is 0.872. The topological polar surface area (TPSA) is 9.23 Å². The predicted octanol–water partition coefficient (Wildman–Crippen LogP) is 3.08. The Balaban J connectivity index is 2.65. The molecule has 0 heterocycles. The number of hydrogen-bond donors (Lipinski definition) is 0. The van der Waals surface area contributed by atoms with Crippen LogP contribution in [0.15, 0.2) is 18.2 Å². The van der Waals surface area contributed by atoms with Crippen LogP contribution in [-0.4, -0.2) is 12.8 Å². The number of alkyl halides is 3. The van der Waals surface area contributed by atoms with Crippen LogP contribution in [0.2, 0.25) is 0 Å². The van der Waals surface area contributed by atoms with E-state index in [1.165, 1.54) is 13.0 Å². The molecule has 78 valence electrons. The van der Waals surface area contributed by atoms with Gasteiger partial charge in [0.05, 0.1) is 0 Å². The minimum atomic E-state index is -4.37. The minimum absolute atomic E-state index is 0.0150. The van der Waals surface area contributed by atoms with Gasteiger partial charge in [0.1, 0.15) is 11.6 Å². The molecular formula is C9H8F4O. The molecule has 0 fully saturated rings. The maximum absolute atomic E-state index is 12.7. The lowest BCUT2D eigenvalue weighted by atomic mass is 10.2. The molecule has 0 saturated heterocycles. The molecule has 0 saturated carbocycles. The van der Waals surface area contributed by atoms with Crippen LogP contribution in [0.5, 0.6) is 5.75 Å². The number of rotatable bonds is 2. The second kappa shape index (κ2) is 3.86. The molecule has 0 aromatic heterocycles. The quantitative estimate of drug-likeness (QED) is 0.678. The zero-order valence-corrected chi connectivity index (χ0v) is 7.36. The van der Waals surface area contributed by atoms with Crippen molar-refractivity contribution in [3.05, 3.63) is 29.6 Å². The summed E-state index contributed by atoms with van der Waals surface area (Å²) < 4.78 is 52.3. The highest BCUT2D eigenvalue weighted by Crippen LogP contribution is 2.20. The van der Waals surface area contributed by atoms with Gasteiger partial charge in [0.15, 0.2) is 6.61 Å². The van der Waals surface area contributed by atoms with Crippen LogP contribution in [0.4, 0.5) is 17.6 Å². The third kappa shape index (κ3) is 3.24. The van der Waals surface area contributed by atoms with Crippen LogP contribution in [0.25, 0.3) is 0 Å². The van der Waals surface area contributed by atoms with E-state index in [1.54, 1.807) is 0 Å². The summed E-state index contributed by atoms with van der Waals surface area (Å²) in [6.07, 6.45) is -4.37. The number of hydrogen-bond acceptors (Lipinski definition) is 1. The molecule has 1 nitrogen and oxygen atoms in total. The zero-order valence-electron chi connectivity index (χ0n) is 7.36. The first-order valence-corrected chi connectivity index (χ1v) is 3.84. The predicted molar refractivity (Wildman–Crippen MR) is 42.7 cm³/mol. The molecule has 0 aliphatic carbocycles. The third-order valence-electron chi connectivity index (χ3n) is 1.53. The maximum atomic E-state index is 12.7. The molecule has 0 aliphatic rings. The van der Waals surface area contributed by atoms with Crippen molar-refractivity contribution in [3.8, 4) is 5.75 Å². The van der Waals surface area contributed by atoms with E-state index in [1.807, 2.05) is 0 Å². The van der Waals surface area contributed by atoms with E-state index in [0.717, 1.165) is 12.1 Å². The van der Waals surface area contributed by atoms with Crippen molar-refractivity contribution < 1.29 is 22.3 Å². The van der Waals surface area contributed by atoms with Gasteiger partial charge in [-0.15, -0.1) is 0 Å². The van der Waals surface area contributed by atoms with Crippen LogP contribution in [0, 0.1) is 12.7 Å². The van der Waals surface area contributed by atoms with Gasteiger partial charge in [0.25, 0.3) is 0 Å². The molecule has 0 unspecified atom stereocenters.